The van der Waals surface area contributed by atoms with Crippen LogP contribution < -0.4 is 10.6 Å². The molecule has 132 valence electrons. The molecule has 0 aromatic heterocycles. The van der Waals surface area contributed by atoms with E-state index in [2.05, 4.69) is 19.9 Å². The van der Waals surface area contributed by atoms with Crippen molar-refractivity contribution in [2.45, 2.75) is 45.6 Å². The fraction of sp³-hybridized carbons (Fsp3) is 0.579. The summed E-state index contributed by atoms with van der Waals surface area (Å²) in [4.78, 5) is 28.6. The third-order valence-corrected chi connectivity index (χ3v) is 5.20. The maximum Gasteiger partial charge on any atom is 0.228 e. The number of nitrogens with zero attached hydrogens (tertiary/aromatic N) is 2. The molecule has 3 atom stereocenters. The predicted molar refractivity (Wildman–Crippen MR) is 96.9 cm³/mol. The van der Waals surface area contributed by atoms with Crippen LogP contribution in [0.1, 0.15) is 45.1 Å². The second-order valence-electron chi connectivity index (χ2n) is 6.81. The lowest BCUT2D eigenvalue weighted by Crippen LogP contribution is -2.43. The normalized spacial score (nSPS) is 20.1. The van der Waals surface area contributed by atoms with Gasteiger partial charge in [0.1, 0.15) is 0 Å². The highest BCUT2D eigenvalue weighted by atomic mass is 16.2. The lowest BCUT2D eigenvalue weighted by molar-refractivity contribution is -0.136. The van der Waals surface area contributed by atoms with Crippen LogP contribution in [0.3, 0.4) is 0 Å². The average molecular weight is 331 g/mol. The van der Waals surface area contributed by atoms with Gasteiger partial charge in [0.25, 0.3) is 0 Å². The van der Waals surface area contributed by atoms with Crippen molar-refractivity contribution < 1.29 is 9.59 Å². The van der Waals surface area contributed by atoms with E-state index in [0.29, 0.717) is 19.0 Å². The van der Waals surface area contributed by atoms with E-state index < -0.39 is 0 Å². The molecule has 1 aromatic rings. The minimum absolute atomic E-state index is 0.00446. The third kappa shape index (κ3) is 3.61. The molecule has 0 spiro atoms. The monoisotopic (exact) mass is 331 g/mol. The summed E-state index contributed by atoms with van der Waals surface area (Å²) < 4.78 is 0. The molecule has 5 heteroatoms. The number of amides is 2. The quantitative estimate of drug-likeness (QED) is 0.870. The second kappa shape index (κ2) is 7.79. The number of anilines is 1. The third-order valence-electron chi connectivity index (χ3n) is 5.20. The molecule has 3 unspecified atom stereocenters. The Kier molecular flexibility index (Phi) is 5.99. The molecule has 2 N–H and O–H groups in total. The fourth-order valence-corrected chi connectivity index (χ4v) is 3.14. The van der Waals surface area contributed by atoms with Crippen LogP contribution >= 0.6 is 0 Å². The summed E-state index contributed by atoms with van der Waals surface area (Å²) in [6.07, 6.45) is 1.29. The Morgan fingerprint density at radius 3 is 2.67 bits per heavy atom. The number of nitrogens with two attached hydrogens (primary N) is 1. The van der Waals surface area contributed by atoms with Gasteiger partial charge in [-0.05, 0) is 30.9 Å². The molecule has 0 bridgehead atoms. The highest BCUT2D eigenvalue weighted by molar-refractivity contribution is 6.00. The summed E-state index contributed by atoms with van der Waals surface area (Å²) >= 11 is 0. The molecule has 1 fully saturated rings. The Hall–Kier alpha value is -1.88. The van der Waals surface area contributed by atoms with Gasteiger partial charge in [0, 0.05) is 38.3 Å². The topological polar surface area (TPSA) is 66.6 Å². The van der Waals surface area contributed by atoms with Crippen molar-refractivity contribution in [1.82, 2.24) is 4.90 Å². The van der Waals surface area contributed by atoms with Crippen LogP contribution in [0.2, 0.25) is 0 Å². The smallest absolute Gasteiger partial charge is 0.228 e. The number of hydrogen-bond donors (Lipinski definition) is 1. The Bertz CT molecular complexity index is 602. The van der Waals surface area contributed by atoms with E-state index in [4.69, 9.17) is 5.73 Å². The molecule has 1 aromatic carbocycles. The summed E-state index contributed by atoms with van der Waals surface area (Å²) in [5.74, 6) is 0.118. The highest BCUT2D eigenvalue weighted by Crippen LogP contribution is 2.33. The van der Waals surface area contributed by atoms with E-state index in [1.54, 1.807) is 16.8 Å². The maximum atomic E-state index is 12.6. The summed E-state index contributed by atoms with van der Waals surface area (Å²) in [5, 5.41) is 0. The van der Waals surface area contributed by atoms with Gasteiger partial charge in [-0.3, -0.25) is 9.59 Å². The van der Waals surface area contributed by atoms with Crippen LogP contribution in [-0.2, 0) is 9.59 Å². The van der Waals surface area contributed by atoms with Gasteiger partial charge < -0.3 is 15.5 Å². The Morgan fingerprint density at radius 2 is 2.04 bits per heavy atom. The van der Waals surface area contributed by atoms with Crippen molar-refractivity contribution in [2.75, 3.05) is 25.0 Å². The SMILES string of the molecule is CCC(C)c1ccccc1N1CC(C(=O)N(C)C(C)CN)CC1=O. The van der Waals surface area contributed by atoms with Crippen LogP contribution in [0.25, 0.3) is 0 Å². The molecule has 1 aliphatic heterocycles. The van der Waals surface area contributed by atoms with Gasteiger partial charge in [0.05, 0.1) is 5.92 Å². The number of likely N-dealkylation sites (N-methyl/N-ethyl adjacent to an activating group) is 1. The standard InChI is InChI=1S/C19H29N3O2/c1-5-13(2)16-8-6-7-9-17(16)22-12-15(10-18(22)23)19(24)21(4)14(3)11-20/h6-9,13-15H,5,10-12,20H2,1-4H3. The zero-order valence-corrected chi connectivity index (χ0v) is 15.2. The molecule has 0 radical (unpaired) electrons. The second-order valence-corrected chi connectivity index (χ2v) is 6.81. The van der Waals surface area contributed by atoms with E-state index in [-0.39, 0.29) is 30.2 Å². The van der Waals surface area contributed by atoms with Gasteiger partial charge in [0.15, 0.2) is 0 Å². The highest BCUT2D eigenvalue weighted by Gasteiger charge is 2.38. The summed E-state index contributed by atoms with van der Waals surface area (Å²) in [6, 6.07) is 8.00. The number of benzene rings is 1. The molecule has 0 saturated carbocycles. The van der Waals surface area contributed by atoms with Crippen molar-refractivity contribution in [3.8, 4) is 0 Å². The first-order valence-corrected chi connectivity index (χ1v) is 8.76. The van der Waals surface area contributed by atoms with E-state index in [1.807, 2.05) is 25.1 Å². The summed E-state index contributed by atoms with van der Waals surface area (Å²) in [5.41, 5.74) is 7.77. The van der Waals surface area contributed by atoms with Crippen molar-refractivity contribution in [2.24, 2.45) is 11.7 Å². The van der Waals surface area contributed by atoms with Gasteiger partial charge in [0.2, 0.25) is 11.8 Å². The minimum atomic E-state index is -0.290. The molecule has 2 rings (SSSR count). The number of carbonyl (C=O) groups excluding carboxylic acids is 2. The van der Waals surface area contributed by atoms with Gasteiger partial charge in [-0.15, -0.1) is 0 Å². The lowest BCUT2D eigenvalue weighted by Gasteiger charge is -2.27. The van der Waals surface area contributed by atoms with Gasteiger partial charge in [-0.25, -0.2) is 0 Å². The first-order valence-electron chi connectivity index (χ1n) is 8.76. The zero-order valence-electron chi connectivity index (χ0n) is 15.2. The Morgan fingerprint density at radius 1 is 1.38 bits per heavy atom. The molecular weight excluding hydrogens is 302 g/mol. The average Bonchev–Trinajstić information content (AvgIpc) is 3.00. The van der Waals surface area contributed by atoms with Crippen LogP contribution in [0.15, 0.2) is 24.3 Å². The Labute approximate surface area is 144 Å². The number of carbonyl (C=O) groups is 2. The zero-order chi connectivity index (χ0) is 17.9. The lowest BCUT2D eigenvalue weighted by atomic mass is 9.96. The number of hydrogen-bond acceptors (Lipinski definition) is 3. The van der Waals surface area contributed by atoms with Crippen LogP contribution in [0, 0.1) is 5.92 Å². The van der Waals surface area contributed by atoms with Gasteiger partial charge in [-0.2, -0.15) is 0 Å². The van der Waals surface area contributed by atoms with Crippen molar-refractivity contribution in [3.63, 3.8) is 0 Å². The van der Waals surface area contributed by atoms with E-state index >= 15 is 0 Å². The van der Waals surface area contributed by atoms with Gasteiger partial charge in [-0.1, -0.05) is 32.0 Å². The minimum Gasteiger partial charge on any atom is -0.341 e. The largest absolute Gasteiger partial charge is 0.341 e. The molecule has 0 aliphatic carbocycles. The maximum absolute atomic E-state index is 12.6. The molecular formula is C19H29N3O2. The predicted octanol–water partition coefficient (Wildman–Crippen LogP) is 2.36. The Balaban J connectivity index is 2.21. The van der Waals surface area contributed by atoms with Gasteiger partial charge >= 0.3 is 0 Å². The molecule has 1 aliphatic rings. The molecule has 2 amide bonds. The summed E-state index contributed by atoms with van der Waals surface area (Å²) in [6.45, 7) is 7.10. The van der Waals surface area contributed by atoms with Crippen LogP contribution in [0.4, 0.5) is 5.69 Å². The summed E-state index contributed by atoms with van der Waals surface area (Å²) in [7, 11) is 1.76. The van der Waals surface area contributed by atoms with Crippen LogP contribution in [0.5, 0.6) is 0 Å². The molecule has 5 nitrogen and oxygen atoms in total. The van der Waals surface area contributed by atoms with Crippen molar-refractivity contribution >= 4 is 17.5 Å². The first-order chi connectivity index (χ1) is 11.4. The number of rotatable bonds is 6. The number of para-hydroxylation sites is 1. The van der Waals surface area contributed by atoms with Crippen LogP contribution in [-0.4, -0.2) is 42.9 Å². The van der Waals surface area contributed by atoms with E-state index in [1.165, 1.54) is 5.56 Å². The van der Waals surface area contributed by atoms with Crippen molar-refractivity contribution in [3.05, 3.63) is 29.8 Å². The fourth-order valence-electron chi connectivity index (χ4n) is 3.14. The van der Waals surface area contributed by atoms with E-state index in [0.717, 1.165) is 12.1 Å². The van der Waals surface area contributed by atoms with E-state index in [9.17, 15) is 9.59 Å². The molecule has 1 heterocycles. The van der Waals surface area contributed by atoms with Crippen molar-refractivity contribution in [1.29, 1.82) is 0 Å². The molecule has 24 heavy (non-hydrogen) atoms. The first kappa shape index (κ1) is 18.5. The molecule has 1 saturated heterocycles.